The Bertz CT molecular complexity index is 1110. The van der Waals surface area contributed by atoms with Gasteiger partial charge >= 0.3 is 0 Å². The Morgan fingerprint density at radius 3 is 2.53 bits per heavy atom. The van der Waals surface area contributed by atoms with Gasteiger partial charge in [0, 0.05) is 18.7 Å². The fourth-order valence-electron chi connectivity index (χ4n) is 3.13. The number of hydrogen-bond acceptors (Lipinski definition) is 7. The molecule has 8 nitrogen and oxygen atoms in total. The van der Waals surface area contributed by atoms with E-state index in [1.165, 1.54) is 11.4 Å². The summed E-state index contributed by atoms with van der Waals surface area (Å²) < 4.78 is 37.8. The number of hydrogen-bond donors (Lipinski definition) is 1. The van der Waals surface area contributed by atoms with Crippen molar-refractivity contribution in [1.29, 1.82) is 0 Å². The van der Waals surface area contributed by atoms with Crippen molar-refractivity contribution in [3.05, 3.63) is 53.9 Å². The Hall–Kier alpha value is -2.91. The molecule has 1 N–H and O–H groups in total. The number of methoxy groups -OCH3 is 1. The zero-order chi connectivity index (χ0) is 21.7. The first-order chi connectivity index (χ1) is 14.4. The van der Waals surface area contributed by atoms with Gasteiger partial charge in [-0.1, -0.05) is 43.3 Å². The van der Waals surface area contributed by atoms with Crippen molar-refractivity contribution in [1.82, 2.24) is 14.4 Å². The molecule has 30 heavy (non-hydrogen) atoms. The van der Waals surface area contributed by atoms with Crippen molar-refractivity contribution in [3.63, 3.8) is 0 Å². The number of benzene rings is 2. The number of anilines is 1. The fourth-order valence-corrected chi connectivity index (χ4v) is 4.61. The van der Waals surface area contributed by atoms with Crippen LogP contribution in [0.25, 0.3) is 11.4 Å². The second-order valence-electron chi connectivity index (χ2n) is 6.63. The Kier molecular flexibility index (Phi) is 6.73. The minimum Gasteiger partial charge on any atom is -0.495 e. The van der Waals surface area contributed by atoms with E-state index in [0.717, 1.165) is 11.1 Å². The first-order valence-corrected chi connectivity index (χ1v) is 11.1. The molecule has 3 aromatic rings. The quantitative estimate of drug-likeness (QED) is 0.553. The van der Waals surface area contributed by atoms with Crippen LogP contribution < -0.4 is 10.1 Å². The van der Waals surface area contributed by atoms with E-state index in [1.807, 2.05) is 45.0 Å². The van der Waals surface area contributed by atoms with Crippen molar-refractivity contribution < 1.29 is 17.7 Å². The van der Waals surface area contributed by atoms with Crippen LogP contribution in [0.5, 0.6) is 5.75 Å². The van der Waals surface area contributed by atoms with E-state index in [-0.39, 0.29) is 11.4 Å². The van der Waals surface area contributed by atoms with E-state index < -0.39 is 10.0 Å². The number of nitrogens with one attached hydrogen (secondary N) is 1. The van der Waals surface area contributed by atoms with Crippen molar-refractivity contribution in [2.75, 3.05) is 25.5 Å². The van der Waals surface area contributed by atoms with Crippen LogP contribution in [0.2, 0.25) is 0 Å². The maximum atomic E-state index is 12.8. The summed E-state index contributed by atoms with van der Waals surface area (Å²) in [5, 5.41) is 7.19. The second kappa shape index (κ2) is 9.27. The zero-order valence-corrected chi connectivity index (χ0v) is 18.4. The molecule has 0 fully saturated rings. The van der Waals surface area contributed by atoms with Gasteiger partial charge in [0.1, 0.15) is 5.75 Å². The number of sulfonamides is 1. The van der Waals surface area contributed by atoms with Gasteiger partial charge in [-0.05, 0) is 30.7 Å². The molecular weight excluding hydrogens is 404 g/mol. The van der Waals surface area contributed by atoms with Crippen molar-refractivity contribution in [3.8, 4) is 17.1 Å². The molecule has 160 valence electrons. The Morgan fingerprint density at radius 2 is 1.87 bits per heavy atom. The lowest BCUT2D eigenvalue weighted by molar-refractivity contribution is 0.383. The summed E-state index contributed by atoms with van der Waals surface area (Å²) in [5.41, 5.74) is 2.48. The SMILES string of the molecule is CCN(CC)S(=O)(=O)c1ccc(OC)c(NCc2nc(-c3ccccc3C)no2)c1. The summed E-state index contributed by atoms with van der Waals surface area (Å²) in [6.45, 7) is 6.63. The average Bonchev–Trinajstić information content (AvgIpc) is 3.21. The van der Waals surface area contributed by atoms with E-state index in [2.05, 4.69) is 15.5 Å². The molecule has 2 aromatic carbocycles. The van der Waals surface area contributed by atoms with Gasteiger partial charge in [-0.15, -0.1) is 0 Å². The molecule has 0 saturated heterocycles. The molecule has 0 atom stereocenters. The average molecular weight is 431 g/mol. The van der Waals surface area contributed by atoms with E-state index in [9.17, 15) is 8.42 Å². The van der Waals surface area contributed by atoms with Gasteiger partial charge in [-0.2, -0.15) is 9.29 Å². The minimum absolute atomic E-state index is 0.195. The van der Waals surface area contributed by atoms with Crippen LogP contribution in [-0.4, -0.2) is 43.1 Å². The smallest absolute Gasteiger partial charge is 0.246 e. The van der Waals surface area contributed by atoms with Gasteiger partial charge in [0.05, 0.1) is 24.2 Å². The predicted molar refractivity (Wildman–Crippen MR) is 115 cm³/mol. The minimum atomic E-state index is -3.58. The highest BCUT2D eigenvalue weighted by Gasteiger charge is 2.23. The molecule has 0 bridgehead atoms. The number of ether oxygens (including phenoxy) is 1. The van der Waals surface area contributed by atoms with Crippen LogP contribution in [0.4, 0.5) is 5.69 Å². The van der Waals surface area contributed by atoms with Crippen LogP contribution in [0.1, 0.15) is 25.3 Å². The normalized spacial score (nSPS) is 11.6. The van der Waals surface area contributed by atoms with Gasteiger partial charge in [0.25, 0.3) is 0 Å². The highest BCUT2D eigenvalue weighted by molar-refractivity contribution is 7.89. The third kappa shape index (κ3) is 4.47. The van der Waals surface area contributed by atoms with Gasteiger partial charge in [-0.25, -0.2) is 8.42 Å². The Morgan fingerprint density at radius 1 is 1.13 bits per heavy atom. The number of aryl methyl sites for hydroxylation is 1. The van der Waals surface area contributed by atoms with Crippen LogP contribution in [0.15, 0.2) is 51.9 Å². The Labute approximate surface area is 176 Å². The van der Waals surface area contributed by atoms with E-state index >= 15 is 0 Å². The first kappa shape index (κ1) is 21.8. The topological polar surface area (TPSA) is 97.6 Å². The molecule has 1 aromatic heterocycles. The molecule has 0 saturated carbocycles. The van der Waals surface area contributed by atoms with Crippen LogP contribution in [0, 0.1) is 6.92 Å². The summed E-state index contributed by atoms with van der Waals surface area (Å²) >= 11 is 0. The lowest BCUT2D eigenvalue weighted by Crippen LogP contribution is -2.30. The summed E-state index contributed by atoms with van der Waals surface area (Å²) in [7, 11) is -2.05. The molecule has 0 spiro atoms. The molecule has 0 aliphatic carbocycles. The van der Waals surface area contributed by atoms with Crippen molar-refractivity contribution in [2.24, 2.45) is 0 Å². The lowest BCUT2D eigenvalue weighted by atomic mass is 10.1. The monoisotopic (exact) mass is 430 g/mol. The summed E-state index contributed by atoms with van der Waals surface area (Å²) in [5.74, 6) is 1.41. The zero-order valence-electron chi connectivity index (χ0n) is 17.5. The first-order valence-electron chi connectivity index (χ1n) is 9.71. The standard InChI is InChI=1S/C21H26N4O4S/c1-5-25(6-2)30(26,27)16-11-12-19(28-4)18(13-16)22-14-20-23-21(24-29-20)17-10-8-7-9-15(17)3/h7-13,22H,5-6,14H2,1-4H3. The van der Waals surface area contributed by atoms with Crippen molar-refractivity contribution >= 4 is 15.7 Å². The summed E-state index contributed by atoms with van der Waals surface area (Å²) in [4.78, 5) is 4.63. The van der Waals surface area contributed by atoms with E-state index in [0.29, 0.717) is 36.2 Å². The van der Waals surface area contributed by atoms with E-state index in [1.54, 1.807) is 18.2 Å². The lowest BCUT2D eigenvalue weighted by Gasteiger charge is -2.19. The number of rotatable bonds is 9. The summed E-state index contributed by atoms with van der Waals surface area (Å²) in [6, 6.07) is 12.5. The molecule has 3 rings (SSSR count). The van der Waals surface area contributed by atoms with E-state index in [4.69, 9.17) is 9.26 Å². The van der Waals surface area contributed by atoms with Crippen molar-refractivity contribution in [2.45, 2.75) is 32.2 Å². The van der Waals surface area contributed by atoms with Crippen LogP contribution in [-0.2, 0) is 16.6 Å². The maximum absolute atomic E-state index is 12.8. The number of aromatic nitrogens is 2. The molecule has 0 unspecified atom stereocenters. The molecule has 0 aliphatic heterocycles. The van der Waals surface area contributed by atoms with Crippen LogP contribution in [0.3, 0.4) is 0 Å². The second-order valence-corrected chi connectivity index (χ2v) is 8.57. The molecule has 9 heteroatoms. The molecular formula is C21H26N4O4S. The highest BCUT2D eigenvalue weighted by Crippen LogP contribution is 2.29. The van der Waals surface area contributed by atoms with Gasteiger partial charge in [0.2, 0.25) is 21.7 Å². The maximum Gasteiger partial charge on any atom is 0.246 e. The largest absolute Gasteiger partial charge is 0.495 e. The molecule has 1 heterocycles. The fraction of sp³-hybridized carbons (Fsp3) is 0.333. The molecule has 0 amide bonds. The summed E-state index contributed by atoms with van der Waals surface area (Å²) in [6.07, 6.45) is 0. The molecule has 0 aliphatic rings. The van der Waals surface area contributed by atoms with Gasteiger partial charge < -0.3 is 14.6 Å². The Balaban J connectivity index is 1.82. The van der Waals surface area contributed by atoms with Gasteiger partial charge in [-0.3, -0.25) is 0 Å². The van der Waals surface area contributed by atoms with Gasteiger partial charge in [0.15, 0.2) is 0 Å². The third-order valence-corrected chi connectivity index (χ3v) is 6.84. The molecule has 0 radical (unpaired) electrons. The predicted octanol–water partition coefficient (Wildman–Crippen LogP) is 3.70. The van der Waals surface area contributed by atoms with Crippen LogP contribution >= 0.6 is 0 Å². The third-order valence-electron chi connectivity index (χ3n) is 4.80. The highest BCUT2D eigenvalue weighted by atomic mass is 32.2. The number of nitrogens with zero attached hydrogens (tertiary/aromatic N) is 3.